The Balaban J connectivity index is 1.87. The molecule has 4 rings (SSSR count). The summed E-state index contributed by atoms with van der Waals surface area (Å²) in [6, 6.07) is 21.8. The van der Waals surface area contributed by atoms with E-state index in [1.54, 1.807) is 55.5 Å². The van der Waals surface area contributed by atoms with Gasteiger partial charge in [-0.1, -0.05) is 89.4 Å². The number of anilines is 1. The van der Waals surface area contributed by atoms with E-state index >= 15 is 0 Å². The van der Waals surface area contributed by atoms with E-state index in [-0.39, 0.29) is 29.4 Å². The first kappa shape index (κ1) is 36.1. The van der Waals surface area contributed by atoms with Gasteiger partial charge in [0.15, 0.2) is 0 Å². The second kappa shape index (κ2) is 15.4. The fourth-order valence-corrected chi connectivity index (χ4v) is 6.93. The lowest BCUT2D eigenvalue weighted by Gasteiger charge is -2.34. The molecule has 0 spiro atoms. The van der Waals surface area contributed by atoms with Crippen LogP contribution in [-0.4, -0.2) is 44.3 Å². The molecule has 1 N–H and O–H groups in total. The van der Waals surface area contributed by atoms with Crippen molar-refractivity contribution in [1.29, 1.82) is 0 Å². The molecule has 0 radical (unpaired) electrons. The minimum absolute atomic E-state index is 0.0359. The third-order valence-electron chi connectivity index (χ3n) is 7.13. The van der Waals surface area contributed by atoms with Crippen LogP contribution in [0.1, 0.15) is 23.6 Å². The Morgan fingerprint density at radius 3 is 2.09 bits per heavy atom. The molecule has 4 aromatic carbocycles. The van der Waals surface area contributed by atoms with E-state index in [9.17, 15) is 31.2 Å². The average Bonchev–Trinajstić information content (AvgIpc) is 3.03. The Morgan fingerprint density at radius 1 is 0.851 bits per heavy atom. The number of carbonyl (C=O) groups excluding carboxylic acids is 2. The second-order valence-corrected chi connectivity index (χ2v) is 13.5. The van der Waals surface area contributed by atoms with E-state index in [4.69, 9.17) is 34.8 Å². The highest BCUT2D eigenvalue weighted by atomic mass is 35.5. The van der Waals surface area contributed by atoms with Gasteiger partial charge in [0.25, 0.3) is 10.0 Å². The Morgan fingerprint density at radius 2 is 1.49 bits per heavy atom. The van der Waals surface area contributed by atoms with Gasteiger partial charge in [-0.15, -0.1) is 0 Å². The normalized spacial score (nSPS) is 12.3. The first-order valence-electron chi connectivity index (χ1n) is 14.2. The van der Waals surface area contributed by atoms with Gasteiger partial charge in [-0.2, -0.15) is 13.2 Å². The van der Waals surface area contributed by atoms with Gasteiger partial charge in [0, 0.05) is 29.6 Å². The van der Waals surface area contributed by atoms with Crippen LogP contribution >= 0.6 is 34.8 Å². The summed E-state index contributed by atoms with van der Waals surface area (Å²) >= 11 is 18.4. The third kappa shape index (κ3) is 8.98. The van der Waals surface area contributed by atoms with Crippen LogP contribution < -0.4 is 9.62 Å². The smallest absolute Gasteiger partial charge is 0.355 e. The van der Waals surface area contributed by atoms with Gasteiger partial charge in [-0.05, 0) is 60.5 Å². The largest absolute Gasteiger partial charge is 0.417 e. The molecule has 0 bridgehead atoms. The molecular formula is C33H29Cl3F3N3O4S. The Labute approximate surface area is 285 Å². The third-order valence-corrected chi connectivity index (χ3v) is 9.84. The number of benzene rings is 4. The number of sulfonamides is 1. The van der Waals surface area contributed by atoms with E-state index in [2.05, 4.69) is 5.32 Å². The van der Waals surface area contributed by atoms with Crippen LogP contribution in [0.15, 0.2) is 102 Å². The number of carbonyl (C=O) groups is 2. The number of nitrogens with zero attached hydrogens (tertiary/aromatic N) is 2. The molecule has 1 atom stereocenters. The molecule has 4 aromatic rings. The van der Waals surface area contributed by atoms with Crippen molar-refractivity contribution < 1.29 is 31.2 Å². The SMILES string of the molecule is CCNC(=O)C(Cc1ccccc1)N(Cc1ccc(Cl)cc1Cl)C(=O)CN(c1ccc(Cl)c(C(F)(F)F)c1)S(=O)(=O)c1ccccc1. The van der Waals surface area contributed by atoms with Crippen molar-refractivity contribution in [1.82, 2.24) is 10.2 Å². The van der Waals surface area contributed by atoms with Gasteiger partial charge in [0.05, 0.1) is 21.2 Å². The first-order valence-corrected chi connectivity index (χ1v) is 16.8. The number of likely N-dealkylation sites (N-methyl/N-ethyl adjacent to an activating group) is 1. The van der Waals surface area contributed by atoms with Gasteiger partial charge in [-0.25, -0.2) is 8.42 Å². The molecule has 7 nitrogen and oxygen atoms in total. The Hall–Kier alpha value is -3.77. The second-order valence-electron chi connectivity index (χ2n) is 10.3. The van der Waals surface area contributed by atoms with Crippen LogP contribution in [0, 0.1) is 0 Å². The number of alkyl halides is 3. The molecule has 0 aliphatic rings. The lowest BCUT2D eigenvalue weighted by molar-refractivity contribution is -0.140. The van der Waals surface area contributed by atoms with Crippen LogP contribution in [0.4, 0.5) is 18.9 Å². The van der Waals surface area contributed by atoms with E-state index in [0.717, 1.165) is 12.1 Å². The summed E-state index contributed by atoms with van der Waals surface area (Å²) in [6.45, 7) is 0.711. The molecule has 0 aliphatic carbocycles. The zero-order valence-electron chi connectivity index (χ0n) is 24.8. The highest BCUT2D eigenvalue weighted by Gasteiger charge is 2.37. The van der Waals surface area contributed by atoms with Gasteiger partial charge >= 0.3 is 6.18 Å². The van der Waals surface area contributed by atoms with E-state index in [1.165, 1.54) is 35.2 Å². The van der Waals surface area contributed by atoms with Crippen molar-refractivity contribution in [3.63, 3.8) is 0 Å². The highest BCUT2D eigenvalue weighted by Crippen LogP contribution is 2.38. The fourth-order valence-electron chi connectivity index (χ4n) is 4.81. The van der Waals surface area contributed by atoms with Crippen LogP contribution in [0.2, 0.25) is 15.1 Å². The minimum atomic E-state index is -4.92. The maximum atomic E-state index is 14.4. The van der Waals surface area contributed by atoms with Crippen molar-refractivity contribution in [3.05, 3.63) is 129 Å². The number of amides is 2. The molecule has 248 valence electrons. The topological polar surface area (TPSA) is 86.8 Å². The number of rotatable bonds is 12. The summed E-state index contributed by atoms with van der Waals surface area (Å²) < 4.78 is 70.3. The average molecular weight is 727 g/mol. The lowest BCUT2D eigenvalue weighted by Crippen LogP contribution is -2.53. The minimum Gasteiger partial charge on any atom is -0.355 e. The molecule has 47 heavy (non-hydrogen) atoms. The molecule has 14 heteroatoms. The molecule has 2 amide bonds. The van der Waals surface area contributed by atoms with Crippen LogP contribution in [0.3, 0.4) is 0 Å². The van der Waals surface area contributed by atoms with Gasteiger partial charge in [0.1, 0.15) is 12.6 Å². The predicted octanol–water partition coefficient (Wildman–Crippen LogP) is 7.64. The molecule has 0 heterocycles. The van der Waals surface area contributed by atoms with Crippen LogP contribution in [-0.2, 0) is 38.8 Å². The van der Waals surface area contributed by atoms with Crippen molar-refractivity contribution in [2.75, 3.05) is 17.4 Å². The van der Waals surface area contributed by atoms with E-state index in [0.29, 0.717) is 26.5 Å². The molecule has 0 aliphatic heterocycles. The maximum Gasteiger partial charge on any atom is 0.417 e. The highest BCUT2D eigenvalue weighted by molar-refractivity contribution is 7.92. The van der Waals surface area contributed by atoms with Crippen LogP contribution in [0.25, 0.3) is 0 Å². The summed E-state index contributed by atoms with van der Waals surface area (Å²) in [5.41, 5.74) is -0.646. The van der Waals surface area contributed by atoms with Crippen molar-refractivity contribution >= 4 is 62.3 Å². The molecule has 1 unspecified atom stereocenters. The zero-order chi connectivity index (χ0) is 34.4. The van der Waals surface area contributed by atoms with E-state index in [1.807, 2.05) is 0 Å². The predicted molar refractivity (Wildman–Crippen MR) is 177 cm³/mol. The summed E-state index contributed by atoms with van der Waals surface area (Å²) in [5, 5.41) is 2.58. The quantitative estimate of drug-likeness (QED) is 0.163. The number of halogens is 6. The molecule has 0 saturated carbocycles. The standard InChI is InChI=1S/C33H29Cl3F3N3O4S/c1-2-40-32(44)30(17-22-9-5-3-6-10-22)41(20-23-13-14-24(34)18-29(23)36)31(43)21-42(47(45,46)26-11-7-4-8-12-26)25-15-16-28(35)27(19-25)33(37,38)39/h3-16,18-19,30H,2,17,20-21H2,1H3,(H,40,44). The Bertz CT molecular complexity index is 1830. The van der Waals surface area contributed by atoms with Crippen molar-refractivity contribution in [3.8, 4) is 0 Å². The van der Waals surface area contributed by atoms with Crippen molar-refractivity contribution in [2.45, 2.75) is 37.0 Å². The summed E-state index contributed by atoms with van der Waals surface area (Å²) in [5.74, 6) is -1.41. The van der Waals surface area contributed by atoms with E-state index < -0.39 is 56.9 Å². The monoisotopic (exact) mass is 725 g/mol. The van der Waals surface area contributed by atoms with Gasteiger partial charge in [-0.3, -0.25) is 13.9 Å². The summed E-state index contributed by atoms with van der Waals surface area (Å²) in [6.07, 6.45) is -4.89. The molecule has 0 saturated heterocycles. The number of nitrogens with one attached hydrogen (secondary N) is 1. The molecule has 0 fully saturated rings. The molecular weight excluding hydrogens is 698 g/mol. The van der Waals surface area contributed by atoms with Gasteiger partial charge in [0.2, 0.25) is 11.8 Å². The number of hydrogen-bond acceptors (Lipinski definition) is 4. The van der Waals surface area contributed by atoms with Crippen molar-refractivity contribution in [2.24, 2.45) is 0 Å². The van der Waals surface area contributed by atoms with Gasteiger partial charge < -0.3 is 10.2 Å². The molecule has 0 aromatic heterocycles. The fraction of sp³-hybridized carbons (Fsp3) is 0.212. The summed E-state index contributed by atoms with van der Waals surface area (Å²) in [7, 11) is -4.63. The summed E-state index contributed by atoms with van der Waals surface area (Å²) in [4.78, 5) is 28.9. The zero-order valence-corrected chi connectivity index (χ0v) is 27.9. The van der Waals surface area contributed by atoms with Crippen LogP contribution in [0.5, 0.6) is 0 Å². The number of hydrogen-bond donors (Lipinski definition) is 1. The lowest BCUT2D eigenvalue weighted by atomic mass is 10.0. The Kier molecular flexibility index (Phi) is 11.8. The first-order chi connectivity index (χ1) is 22.2. The maximum absolute atomic E-state index is 14.4.